The molecule has 1 amide bonds. The predicted molar refractivity (Wildman–Crippen MR) is 155 cm³/mol. The highest BCUT2D eigenvalue weighted by Gasteiger charge is 2.41. The number of aromatic nitrogens is 4. The Morgan fingerprint density at radius 2 is 1.85 bits per heavy atom. The van der Waals surface area contributed by atoms with E-state index in [9.17, 15) is 36.4 Å². The van der Waals surface area contributed by atoms with E-state index in [0.29, 0.717) is 4.68 Å². The maximum Gasteiger partial charge on any atom is 0.418 e. The molecular formula is C28H30F3N7O7S. The molecule has 0 N–H and O–H groups in total. The van der Waals surface area contributed by atoms with Crippen LogP contribution >= 0.6 is 0 Å². The lowest BCUT2D eigenvalue weighted by molar-refractivity contribution is -0.142. The van der Waals surface area contributed by atoms with E-state index in [1.54, 1.807) is 25.7 Å². The predicted octanol–water partition coefficient (Wildman–Crippen LogP) is 2.98. The zero-order valence-corrected chi connectivity index (χ0v) is 26.1. The van der Waals surface area contributed by atoms with Crippen LogP contribution in [0.25, 0.3) is 16.6 Å². The van der Waals surface area contributed by atoms with Gasteiger partial charge in [-0.2, -0.15) is 28.2 Å². The summed E-state index contributed by atoms with van der Waals surface area (Å²) in [7, 11) is -4.13. The molecule has 2 aliphatic rings. The number of halogens is 3. The minimum absolute atomic E-state index is 0.00708. The van der Waals surface area contributed by atoms with Gasteiger partial charge >= 0.3 is 12.3 Å². The van der Waals surface area contributed by atoms with Gasteiger partial charge in [-0.25, -0.2) is 23.2 Å². The largest absolute Gasteiger partial charge is 0.444 e. The highest BCUT2D eigenvalue weighted by atomic mass is 32.2. The van der Waals surface area contributed by atoms with Gasteiger partial charge in [-0.3, -0.25) is 4.79 Å². The second-order valence-corrected chi connectivity index (χ2v) is 13.6. The number of carbonyl (C=O) groups is 1. The van der Waals surface area contributed by atoms with Gasteiger partial charge in [-0.05, 0) is 26.8 Å². The van der Waals surface area contributed by atoms with Crippen molar-refractivity contribution in [3.63, 3.8) is 0 Å². The minimum Gasteiger partial charge on any atom is -0.444 e. The third kappa shape index (κ3) is 6.62. The van der Waals surface area contributed by atoms with Gasteiger partial charge in [0.25, 0.3) is 5.56 Å². The Morgan fingerprint density at radius 1 is 1.15 bits per heavy atom. The number of anilines is 1. The summed E-state index contributed by atoms with van der Waals surface area (Å²) in [5.41, 5.74) is -4.65. The van der Waals surface area contributed by atoms with Crippen LogP contribution in [0.5, 0.6) is 0 Å². The highest BCUT2D eigenvalue weighted by Crippen LogP contribution is 2.40. The molecule has 2 saturated heterocycles. The summed E-state index contributed by atoms with van der Waals surface area (Å²) >= 11 is 0. The Morgan fingerprint density at radius 3 is 2.46 bits per heavy atom. The van der Waals surface area contributed by atoms with Gasteiger partial charge in [0.2, 0.25) is 15.0 Å². The van der Waals surface area contributed by atoms with Crippen molar-refractivity contribution < 1.29 is 40.6 Å². The molecule has 14 nitrogen and oxygen atoms in total. The number of carbonyl (C=O) groups excluding carboxylic acids is 1. The van der Waals surface area contributed by atoms with Crippen LogP contribution in [0.1, 0.15) is 44.6 Å². The van der Waals surface area contributed by atoms with Crippen LogP contribution in [0, 0.1) is 11.3 Å². The van der Waals surface area contributed by atoms with Crippen LogP contribution in [-0.4, -0.2) is 89.9 Å². The number of benzene rings is 1. The third-order valence-electron chi connectivity index (χ3n) is 7.13. The fraction of sp³-hybridized carbons (Fsp3) is 0.500. The average molecular weight is 666 g/mol. The molecular weight excluding hydrogens is 635 g/mol. The molecule has 4 heterocycles. The van der Waals surface area contributed by atoms with Crippen LogP contribution in [0.15, 0.2) is 34.3 Å². The molecule has 0 aliphatic carbocycles. The fourth-order valence-corrected chi connectivity index (χ4v) is 5.74. The first-order valence-corrected chi connectivity index (χ1v) is 15.9. The lowest BCUT2D eigenvalue weighted by Gasteiger charge is -2.41. The molecule has 0 spiro atoms. The van der Waals surface area contributed by atoms with Crippen LogP contribution in [-0.2, 0) is 30.2 Å². The van der Waals surface area contributed by atoms with Gasteiger partial charge in [-0.15, -0.1) is 0 Å². The highest BCUT2D eigenvalue weighted by molar-refractivity contribution is 7.90. The zero-order chi connectivity index (χ0) is 33.6. The summed E-state index contributed by atoms with van der Waals surface area (Å²) in [6.07, 6.45) is -5.13. The average Bonchev–Trinajstić information content (AvgIpc) is 3.50. The smallest absolute Gasteiger partial charge is 0.418 e. The number of amides is 1. The number of ether oxygens (including phenoxy) is 3. The Bertz CT molecular complexity index is 1880. The van der Waals surface area contributed by atoms with Crippen LogP contribution in [0.2, 0.25) is 0 Å². The SMILES string of the molecule is CC(C)(C)OC(=O)N1CCN(c2nc(S(C)(=O)=O)nc3c(=O)n(-c4cccc(C5OCCO5)c4C(F)(F)F)ncc23)CC1CC#N. The Labute approximate surface area is 261 Å². The van der Waals surface area contributed by atoms with Crippen molar-refractivity contribution in [1.82, 2.24) is 24.6 Å². The molecule has 18 heteroatoms. The zero-order valence-electron chi connectivity index (χ0n) is 25.2. The molecule has 1 aromatic carbocycles. The second-order valence-electron chi connectivity index (χ2n) is 11.7. The first-order chi connectivity index (χ1) is 21.5. The van der Waals surface area contributed by atoms with E-state index in [0.717, 1.165) is 18.5 Å². The minimum atomic E-state index is -4.96. The molecule has 0 bridgehead atoms. The van der Waals surface area contributed by atoms with Crippen LogP contribution < -0.4 is 10.5 Å². The molecule has 0 saturated carbocycles. The van der Waals surface area contributed by atoms with Crippen molar-refractivity contribution in [3.05, 3.63) is 45.9 Å². The maximum absolute atomic E-state index is 14.5. The molecule has 2 aliphatic heterocycles. The number of nitrogens with zero attached hydrogens (tertiary/aromatic N) is 7. The standard InChI is InChI=1S/C28H30F3N7O7S/c1-27(2,3)45-26(40)37-11-10-36(15-16(37)8-9-32)22-18-14-33-38(23(39)21(18)34-25(35-22)46(4,41)42)19-7-5-6-17(20(19)28(29,30)31)24-43-12-13-44-24/h5-7,14,16,24H,8,10-13,15H2,1-4H3. The van der Waals surface area contributed by atoms with Crippen molar-refractivity contribution in [2.45, 2.75) is 56.5 Å². The molecule has 3 aromatic rings. The Balaban J connectivity index is 1.65. The molecule has 0 radical (unpaired) electrons. The molecule has 46 heavy (non-hydrogen) atoms. The van der Waals surface area contributed by atoms with Crippen molar-refractivity contribution in [1.29, 1.82) is 5.26 Å². The monoisotopic (exact) mass is 665 g/mol. The molecule has 2 fully saturated rings. The number of alkyl halides is 3. The van der Waals surface area contributed by atoms with Crippen molar-refractivity contribution in [2.24, 2.45) is 0 Å². The molecule has 5 rings (SSSR count). The summed E-state index contributed by atoms with van der Waals surface area (Å²) in [5, 5.41) is 12.7. The van der Waals surface area contributed by atoms with E-state index >= 15 is 0 Å². The first kappa shape index (κ1) is 33.0. The van der Waals surface area contributed by atoms with Crippen LogP contribution in [0.4, 0.5) is 23.8 Å². The van der Waals surface area contributed by atoms with Crippen LogP contribution in [0.3, 0.4) is 0 Å². The fourth-order valence-electron chi connectivity index (χ4n) is 5.23. The van der Waals surface area contributed by atoms with Crippen molar-refractivity contribution in [3.8, 4) is 11.8 Å². The van der Waals surface area contributed by atoms with Gasteiger partial charge in [0.1, 0.15) is 16.9 Å². The Hall–Kier alpha value is -4.34. The summed E-state index contributed by atoms with van der Waals surface area (Å²) in [6, 6.07) is 4.83. The molecule has 246 valence electrons. The van der Waals surface area contributed by atoms with E-state index < -0.39 is 67.5 Å². The van der Waals surface area contributed by atoms with Gasteiger partial charge in [0.15, 0.2) is 6.29 Å². The number of hydrogen-bond acceptors (Lipinski definition) is 12. The maximum atomic E-state index is 14.5. The van der Waals surface area contributed by atoms with E-state index in [1.165, 1.54) is 17.0 Å². The van der Waals surface area contributed by atoms with E-state index in [4.69, 9.17) is 14.2 Å². The summed E-state index contributed by atoms with van der Waals surface area (Å²) in [5.74, 6) is -0.0495. The summed E-state index contributed by atoms with van der Waals surface area (Å²) < 4.78 is 85.3. The van der Waals surface area contributed by atoms with Gasteiger partial charge in [0.05, 0.1) is 54.6 Å². The number of sulfone groups is 1. The lowest BCUT2D eigenvalue weighted by atomic mass is 10.0. The van der Waals surface area contributed by atoms with Gasteiger partial charge < -0.3 is 24.0 Å². The number of piperazine rings is 1. The lowest BCUT2D eigenvalue weighted by Crippen LogP contribution is -2.56. The van der Waals surface area contributed by atoms with E-state index in [2.05, 4.69) is 15.1 Å². The van der Waals surface area contributed by atoms with E-state index in [1.807, 2.05) is 6.07 Å². The molecule has 1 unspecified atom stereocenters. The first-order valence-electron chi connectivity index (χ1n) is 14.0. The number of rotatable bonds is 5. The van der Waals surface area contributed by atoms with E-state index in [-0.39, 0.29) is 56.0 Å². The van der Waals surface area contributed by atoms with Gasteiger partial charge in [0, 0.05) is 31.5 Å². The Kier molecular flexibility index (Phi) is 8.70. The number of nitriles is 1. The molecule has 2 aromatic heterocycles. The normalized spacial score (nSPS) is 18.2. The number of hydrogen-bond donors (Lipinski definition) is 0. The second kappa shape index (κ2) is 12.1. The third-order valence-corrected chi connectivity index (χ3v) is 7.98. The summed E-state index contributed by atoms with van der Waals surface area (Å²) in [6.45, 7) is 5.39. The molecule has 1 atom stereocenters. The number of fused-ring (bicyclic) bond motifs is 1. The van der Waals surface area contributed by atoms with Crippen molar-refractivity contribution in [2.75, 3.05) is 44.0 Å². The van der Waals surface area contributed by atoms with Gasteiger partial charge in [-0.1, -0.05) is 12.1 Å². The topological polar surface area (TPSA) is 170 Å². The van der Waals surface area contributed by atoms with Crippen molar-refractivity contribution >= 4 is 32.7 Å². The summed E-state index contributed by atoms with van der Waals surface area (Å²) in [4.78, 5) is 37.8. The quantitative estimate of drug-likeness (QED) is 0.366.